The number of aliphatic imine (C=N–C) groups is 2. The molecule has 0 aromatic heterocycles. The van der Waals surface area contributed by atoms with Crippen LogP contribution in [0.2, 0.25) is 0 Å². The average molecular weight is 399 g/mol. The standard InChI is InChI=1S/C24H21N3O3/c1-30-24-26-22(25-23(27-24)21-18(28)11-6-12-19(21)29)20-16-9-4-2-7-14(16)13-15-8-3-5-10-17(15)20/h2-13,18,21,23,28-29H,1H3,(H,25,26,27). The maximum Gasteiger partial charge on any atom is 0.292 e. The minimum atomic E-state index is -0.894. The molecule has 150 valence electrons. The van der Waals surface area contributed by atoms with Gasteiger partial charge in [0.05, 0.1) is 19.1 Å². The van der Waals surface area contributed by atoms with Gasteiger partial charge in [-0.2, -0.15) is 0 Å². The first-order valence-corrected chi connectivity index (χ1v) is 9.78. The van der Waals surface area contributed by atoms with E-state index < -0.39 is 18.2 Å². The van der Waals surface area contributed by atoms with Gasteiger partial charge in [-0.05, 0) is 33.7 Å². The molecule has 0 fully saturated rings. The smallest absolute Gasteiger partial charge is 0.292 e. The minimum Gasteiger partial charge on any atom is -0.512 e. The summed E-state index contributed by atoms with van der Waals surface area (Å²) in [6.45, 7) is 0. The van der Waals surface area contributed by atoms with Crippen LogP contribution in [0.5, 0.6) is 0 Å². The number of nitrogens with one attached hydrogen (secondary N) is 1. The summed E-state index contributed by atoms with van der Waals surface area (Å²) in [5, 5.41) is 28.3. The lowest BCUT2D eigenvalue weighted by Gasteiger charge is -2.29. The maximum atomic E-state index is 10.5. The Morgan fingerprint density at radius 3 is 2.27 bits per heavy atom. The molecule has 1 aliphatic heterocycles. The van der Waals surface area contributed by atoms with Crippen LogP contribution in [0.15, 0.2) is 88.6 Å². The first kappa shape index (κ1) is 18.4. The fourth-order valence-corrected chi connectivity index (χ4v) is 4.11. The van der Waals surface area contributed by atoms with Crippen LogP contribution in [-0.2, 0) is 4.74 Å². The number of hydrogen-bond donors (Lipinski definition) is 3. The van der Waals surface area contributed by atoms with Crippen LogP contribution in [-0.4, -0.2) is 41.4 Å². The van der Waals surface area contributed by atoms with E-state index in [2.05, 4.69) is 40.6 Å². The predicted molar refractivity (Wildman–Crippen MR) is 119 cm³/mol. The van der Waals surface area contributed by atoms with Gasteiger partial charge in [0.15, 0.2) is 6.17 Å². The average Bonchev–Trinajstić information content (AvgIpc) is 2.77. The quantitative estimate of drug-likeness (QED) is 0.574. The second kappa shape index (κ2) is 7.31. The molecule has 6 heteroatoms. The predicted octanol–water partition coefficient (Wildman–Crippen LogP) is 3.66. The zero-order valence-electron chi connectivity index (χ0n) is 16.4. The van der Waals surface area contributed by atoms with Crippen molar-refractivity contribution in [3.05, 3.63) is 84.1 Å². The van der Waals surface area contributed by atoms with Gasteiger partial charge in [-0.3, -0.25) is 5.32 Å². The summed E-state index contributed by atoms with van der Waals surface area (Å²) in [5.41, 5.74) is 0.933. The van der Waals surface area contributed by atoms with Crippen LogP contribution < -0.4 is 5.32 Å². The summed E-state index contributed by atoms with van der Waals surface area (Å²) in [7, 11) is 1.53. The first-order chi connectivity index (χ1) is 14.7. The van der Waals surface area contributed by atoms with Crippen molar-refractivity contribution >= 4 is 33.4 Å². The fraction of sp³-hybridized carbons (Fsp3) is 0.167. The van der Waals surface area contributed by atoms with Gasteiger partial charge in [0, 0.05) is 5.56 Å². The highest BCUT2D eigenvalue weighted by molar-refractivity contribution is 6.23. The largest absolute Gasteiger partial charge is 0.512 e. The number of aliphatic hydroxyl groups is 2. The van der Waals surface area contributed by atoms with Gasteiger partial charge in [-0.1, -0.05) is 60.7 Å². The molecule has 3 aromatic carbocycles. The van der Waals surface area contributed by atoms with Crippen molar-refractivity contribution in [3.8, 4) is 0 Å². The third kappa shape index (κ3) is 3.02. The van der Waals surface area contributed by atoms with E-state index in [9.17, 15) is 10.2 Å². The third-order valence-corrected chi connectivity index (χ3v) is 5.54. The van der Waals surface area contributed by atoms with Crippen molar-refractivity contribution in [1.82, 2.24) is 5.32 Å². The lowest BCUT2D eigenvalue weighted by molar-refractivity contribution is 0.123. The van der Waals surface area contributed by atoms with Crippen LogP contribution in [0.25, 0.3) is 21.5 Å². The van der Waals surface area contributed by atoms with Gasteiger partial charge in [0.25, 0.3) is 6.02 Å². The molecule has 30 heavy (non-hydrogen) atoms. The number of rotatable bonds is 2. The topological polar surface area (TPSA) is 86.4 Å². The highest BCUT2D eigenvalue weighted by Crippen LogP contribution is 2.32. The van der Waals surface area contributed by atoms with Crippen molar-refractivity contribution in [2.45, 2.75) is 12.3 Å². The lowest BCUT2D eigenvalue weighted by Crippen LogP contribution is -2.42. The van der Waals surface area contributed by atoms with Crippen molar-refractivity contribution < 1.29 is 14.9 Å². The molecule has 3 unspecified atom stereocenters. The molecule has 5 rings (SSSR count). The van der Waals surface area contributed by atoms with Gasteiger partial charge >= 0.3 is 0 Å². The summed E-state index contributed by atoms with van der Waals surface area (Å²) in [6.07, 6.45) is 3.18. The minimum absolute atomic E-state index is 0.0435. The SMILES string of the molecule is COC1=NC(C2C(O)=CC=CC2O)N=C(c2c3ccccc3cc3ccccc23)N1. The third-order valence-electron chi connectivity index (χ3n) is 5.54. The Labute approximate surface area is 173 Å². The number of allylic oxidation sites excluding steroid dienone is 2. The number of nitrogens with zero attached hydrogens (tertiary/aromatic N) is 2. The molecule has 3 N–H and O–H groups in total. The Morgan fingerprint density at radius 2 is 1.63 bits per heavy atom. The number of methoxy groups -OCH3 is 1. The molecule has 0 spiro atoms. The number of ether oxygens (including phenoxy) is 1. The molecule has 3 aromatic rings. The van der Waals surface area contributed by atoms with E-state index in [1.54, 1.807) is 18.2 Å². The molecule has 6 nitrogen and oxygen atoms in total. The van der Waals surface area contributed by atoms with Crippen molar-refractivity contribution in [2.24, 2.45) is 15.9 Å². The molecular formula is C24H21N3O3. The molecule has 1 aliphatic carbocycles. The number of aliphatic hydroxyl groups excluding tert-OH is 2. The van der Waals surface area contributed by atoms with Gasteiger partial charge in [-0.25, -0.2) is 9.98 Å². The number of benzene rings is 3. The Morgan fingerprint density at radius 1 is 0.967 bits per heavy atom. The first-order valence-electron chi connectivity index (χ1n) is 9.78. The Hall–Kier alpha value is -3.64. The van der Waals surface area contributed by atoms with Gasteiger partial charge in [0.1, 0.15) is 11.6 Å². The molecular weight excluding hydrogens is 378 g/mol. The van der Waals surface area contributed by atoms with E-state index in [4.69, 9.17) is 9.73 Å². The van der Waals surface area contributed by atoms with Crippen molar-refractivity contribution in [3.63, 3.8) is 0 Å². The highest BCUT2D eigenvalue weighted by Gasteiger charge is 2.35. The van der Waals surface area contributed by atoms with Crippen molar-refractivity contribution in [1.29, 1.82) is 0 Å². The second-order valence-corrected chi connectivity index (χ2v) is 7.34. The Balaban J connectivity index is 1.73. The Kier molecular flexibility index (Phi) is 4.48. The number of amidine groups is 2. The molecule has 1 heterocycles. The zero-order chi connectivity index (χ0) is 20.7. The number of fused-ring (bicyclic) bond motifs is 2. The zero-order valence-corrected chi connectivity index (χ0v) is 16.4. The lowest BCUT2D eigenvalue weighted by atomic mass is 9.92. The molecule has 0 bridgehead atoms. The second-order valence-electron chi connectivity index (χ2n) is 7.34. The summed E-state index contributed by atoms with van der Waals surface area (Å²) in [4.78, 5) is 9.28. The van der Waals surface area contributed by atoms with Crippen LogP contribution >= 0.6 is 0 Å². The summed E-state index contributed by atoms with van der Waals surface area (Å²) in [6, 6.07) is 18.7. The Bertz CT molecular complexity index is 1210. The van der Waals surface area contributed by atoms with E-state index in [-0.39, 0.29) is 11.8 Å². The van der Waals surface area contributed by atoms with E-state index >= 15 is 0 Å². The van der Waals surface area contributed by atoms with E-state index in [0.29, 0.717) is 5.84 Å². The fourth-order valence-electron chi connectivity index (χ4n) is 4.11. The van der Waals surface area contributed by atoms with Crippen molar-refractivity contribution in [2.75, 3.05) is 7.11 Å². The van der Waals surface area contributed by atoms with E-state index in [0.717, 1.165) is 27.1 Å². The van der Waals surface area contributed by atoms with E-state index in [1.165, 1.54) is 7.11 Å². The highest BCUT2D eigenvalue weighted by atomic mass is 16.5. The maximum absolute atomic E-state index is 10.5. The van der Waals surface area contributed by atoms with E-state index in [1.807, 2.05) is 24.3 Å². The molecule has 0 radical (unpaired) electrons. The molecule has 3 atom stereocenters. The normalized spacial score (nSPS) is 23.5. The van der Waals surface area contributed by atoms with Gasteiger partial charge in [0.2, 0.25) is 0 Å². The van der Waals surface area contributed by atoms with Crippen LogP contribution in [0, 0.1) is 5.92 Å². The summed E-state index contributed by atoms with van der Waals surface area (Å²) >= 11 is 0. The van der Waals surface area contributed by atoms with Gasteiger partial charge in [-0.15, -0.1) is 0 Å². The van der Waals surface area contributed by atoms with Crippen LogP contribution in [0.3, 0.4) is 0 Å². The molecule has 0 saturated carbocycles. The van der Waals surface area contributed by atoms with Crippen LogP contribution in [0.1, 0.15) is 5.56 Å². The summed E-state index contributed by atoms with van der Waals surface area (Å²) in [5.74, 6) is -0.0464. The monoisotopic (exact) mass is 399 g/mol. The number of hydrogen-bond acceptors (Lipinski definition) is 6. The molecule has 0 saturated heterocycles. The van der Waals surface area contributed by atoms with Gasteiger partial charge < -0.3 is 14.9 Å². The van der Waals surface area contributed by atoms with Crippen LogP contribution in [0.4, 0.5) is 0 Å². The molecule has 2 aliphatic rings. The molecule has 0 amide bonds. The summed E-state index contributed by atoms with van der Waals surface area (Å²) < 4.78 is 5.42.